The molecule has 2 aliphatic heterocycles. The molecule has 2 heterocycles. The third-order valence-electron chi connectivity index (χ3n) is 4.64. The highest BCUT2D eigenvalue weighted by atomic mass is 16.2. The van der Waals surface area contributed by atoms with E-state index in [1.807, 2.05) is 21.9 Å². The van der Waals surface area contributed by atoms with Crippen LogP contribution in [0, 0.1) is 6.92 Å². The topological polar surface area (TPSA) is 52.7 Å². The van der Waals surface area contributed by atoms with Crippen LogP contribution in [0.4, 0.5) is 4.79 Å². The van der Waals surface area contributed by atoms with Gasteiger partial charge in [-0.05, 0) is 24.5 Å². The second kappa shape index (κ2) is 5.39. The molecule has 0 bridgehead atoms. The molecule has 1 N–H and O–H groups in total. The van der Waals surface area contributed by atoms with Crippen molar-refractivity contribution in [2.75, 3.05) is 20.1 Å². The number of carbonyl (C=O) groups is 2. The Labute approximate surface area is 124 Å². The zero-order chi connectivity index (χ0) is 15.0. The van der Waals surface area contributed by atoms with Crippen molar-refractivity contribution in [2.45, 2.75) is 31.8 Å². The van der Waals surface area contributed by atoms with Gasteiger partial charge in [-0.3, -0.25) is 4.79 Å². The average Bonchev–Trinajstić information content (AvgIpc) is 2.88. The fourth-order valence-corrected chi connectivity index (χ4v) is 3.60. The fourth-order valence-electron chi connectivity index (χ4n) is 3.60. The minimum atomic E-state index is -0.0674. The Balaban J connectivity index is 2.02. The van der Waals surface area contributed by atoms with Crippen molar-refractivity contribution in [1.82, 2.24) is 15.1 Å². The first-order chi connectivity index (χ1) is 10.1. The Morgan fingerprint density at radius 2 is 2.05 bits per heavy atom. The van der Waals surface area contributed by atoms with Crippen LogP contribution in [0.5, 0.6) is 0 Å². The van der Waals surface area contributed by atoms with E-state index >= 15 is 0 Å². The summed E-state index contributed by atoms with van der Waals surface area (Å²) in [7, 11) is 1.66. The summed E-state index contributed by atoms with van der Waals surface area (Å²) in [5, 5.41) is 2.73. The first kappa shape index (κ1) is 13.9. The molecule has 0 aromatic heterocycles. The van der Waals surface area contributed by atoms with Gasteiger partial charge in [-0.15, -0.1) is 0 Å². The van der Waals surface area contributed by atoms with Crippen LogP contribution in [-0.2, 0) is 4.79 Å². The van der Waals surface area contributed by atoms with Gasteiger partial charge in [0.1, 0.15) is 0 Å². The molecule has 1 aromatic carbocycles. The molecular formula is C16H21N3O2. The quantitative estimate of drug-likeness (QED) is 0.854. The van der Waals surface area contributed by atoms with Crippen LogP contribution in [0.3, 0.4) is 0 Å². The second-order valence-corrected chi connectivity index (χ2v) is 5.74. The van der Waals surface area contributed by atoms with Gasteiger partial charge in [-0.25, -0.2) is 4.79 Å². The molecule has 3 amide bonds. The van der Waals surface area contributed by atoms with E-state index < -0.39 is 0 Å². The molecule has 2 atom stereocenters. The highest BCUT2D eigenvalue weighted by Crippen LogP contribution is 2.38. The molecule has 0 saturated carbocycles. The lowest BCUT2D eigenvalue weighted by molar-refractivity contribution is -0.131. The van der Waals surface area contributed by atoms with Crippen molar-refractivity contribution >= 4 is 11.9 Å². The number of nitrogens with zero attached hydrogens (tertiary/aromatic N) is 2. The molecule has 1 aromatic rings. The third-order valence-corrected chi connectivity index (χ3v) is 4.64. The van der Waals surface area contributed by atoms with Crippen molar-refractivity contribution in [1.29, 1.82) is 0 Å². The number of urea groups is 1. The Morgan fingerprint density at radius 3 is 2.76 bits per heavy atom. The van der Waals surface area contributed by atoms with Gasteiger partial charge in [0.05, 0.1) is 12.1 Å². The molecule has 0 aliphatic carbocycles. The molecule has 2 aliphatic rings. The Morgan fingerprint density at radius 1 is 1.29 bits per heavy atom. The number of hydrogen-bond donors (Lipinski definition) is 1. The smallest absolute Gasteiger partial charge is 0.317 e. The SMILES string of the molecule is CNC(=O)N1CCN2C(=O)CCC2C1c1ccccc1C. The van der Waals surface area contributed by atoms with Gasteiger partial charge >= 0.3 is 6.03 Å². The van der Waals surface area contributed by atoms with Gasteiger partial charge < -0.3 is 15.1 Å². The molecule has 112 valence electrons. The van der Waals surface area contributed by atoms with E-state index in [1.54, 1.807) is 7.05 Å². The maximum absolute atomic E-state index is 12.2. The maximum Gasteiger partial charge on any atom is 0.317 e. The lowest BCUT2D eigenvalue weighted by Gasteiger charge is -2.45. The molecule has 3 rings (SSSR count). The lowest BCUT2D eigenvalue weighted by Crippen LogP contribution is -2.56. The predicted molar refractivity (Wildman–Crippen MR) is 79.8 cm³/mol. The average molecular weight is 287 g/mol. The number of amides is 3. The van der Waals surface area contributed by atoms with Gasteiger partial charge in [0, 0.05) is 26.6 Å². The molecule has 2 saturated heterocycles. The minimum absolute atomic E-state index is 0.0497. The highest BCUT2D eigenvalue weighted by Gasteiger charge is 2.45. The molecule has 2 unspecified atom stereocenters. The van der Waals surface area contributed by atoms with Gasteiger partial charge in [-0.2, -0.15) is 0 Å². The van der Waals surface area contributed by atoms with Crippen molar-refractivity contribution in [3.05, 3.63) is 35.4 Å². The van der Waals surface area contributed by atoms with Crippen LogP contribution >= 0.6 is 0 Å². The van der Waals surface area contributed by atoms with Crippen molar-refractivity contribution in [3.63, 3.8) is 0 Å². The molecule has 5 nitrogen and oxygen atoms in total. The number of fused-ring (bicyclic) bond motifs is 1. The molecule has 21 heavy (non-hydrogen) atoms. The number of piperazine rings is 1. The minimum Gasteiger partial charge on any atom is -0.341 e. The van der Waals surface area contributed by atoms with Gasteiger partial charge in [0.25, 0.3) is 0 Å². The molecule has 2 fully saturated rings. The van der Waals surface area contributed by atoms with E-state index in [0.29, 0.717) is 19.5 Å². The summed E-state index contributed by atoms with van der Waals surface area (Å²) in [6.45, 7) is 3.29. The number of hydrogen-bond acceptors (Lipinski definition) is 2. The van der Waals surface area contributed by atoms with Crippen LogP contribution in [0.2, 0.25) is 0 Å². The summed E-state index contributed by atoms with van der Waals surface area (Å²) in [5.74, 6) is 0.218. The van der Waals surface area contributed by atoms with Gasteiger partial charge in [0.2, 0.25) is 5.91 Å². The Bertz CT molecular complexity index is 572. The summed E-state index contributed by atoms with van der Waals surface area (Å²) in [6.07, 6.45) is 1.42. The zero-order valence-corrected chi connectivity index (χ0v) is 12.5. The summed E-state index contributed by atoms with van der Waals surface area (Å²) >= 11 is 0. The van der Waals surface area contributed by atoms with E-state index in [1.165, 1.54) is 0 Å². The summed E-state index contributed by atoms with van der Waals surface area (Å²) in [5.41, 5.74) is 2.31. The van der Waals surface area contributed by atoms with Crippen LogP contribution in [-0.4, -0.2) is 47.9 Å². The number of benzene rings is 1. The monoisotopic (exact) mass is 287 g/mol. The first-order valence-corrected chi connectivity index (χ1v) is 7.47. The summed E-state index contributed by atoms with van der Waals surface area (Å²) in [4.78, 5) is 28.1. The van der Waals surface area contributed by atoms with Crippen molar-refractivity contribution < 1.29 is 9.59 Å². The molecule has 5 heteroatoms. The predicted octanol–water partition coefficient (Wildman–Crippen LogP) is 1.68. The standard InChI is InChI=1S/C16H21N3O2/c1-11-5-3-4-6-12(11)15-13-7-8-14(20)18(13)9-10-19(15)16(21)17-2/h3-6,13,15H,7-10H2,1-2H3,(H,17,21). The second-order valence-electron chi connectivity index (χ2n) is 5.74. The number of aryl methyl sites for hydroxylation is 1. The van der Waals surface area contributed by atoms with E-state index in [2.05, 4.69) is 24.4 Å². The van der Waals surface area contributed by atoms with Crippen LogP contribution in [0.1, 0.15) is 30.0 Å². The number of nitrogens with one attached hydrogen (secondary N) is 1. The maximum atomic E-state index is 12.2. The van der Waals surface area contributed by atoms with Crippen LogP contribution < -0.4 is 5.32 Å². The third kappa shape index (κ3) is 2.26. The fraction of sp³-hybridized carbons (Fsp3) is 0.500. The first-order valence-electron chi connectivity index (χ1n) is 7.47. The molecule has 0 radical (unpaired) electrons. The Hall–Kier alpha value is -2.04. The van der Waals surface area contributed by atoms with E-state index in [9.17, 15) is 9.59 Å². The number of rotatable bonds is 1. The van der Waals surface area contributed by atoms with Crippen molar-refractivity contribution in [2.24, 2.45) is 0 Å². The van der Waals surface area contributed by atoms with E-state index in [0.717, 1.165) is 17.5 Å². The molecular weight excluding hydrogens is 266 g/mol. The Kier molecular flexibility index (Phi) is 3.57. The molecule has 0 spiro atoms. The number of carbonyl (C=O) groups excluding carboxylic acids is 2. The van der Waals surface area contributed by atoms with Crippen molar-refractivity contribution in [3.8, 4) is 0 Å². The van der Waals surface area contributed by atoms with Crippen LogP contribution in [0.25, 0.3) is 0 Å². The van der Waals surface area contributed by atoms with Gasteiger partial charge in [0.15, 0.2) is 0 Å². The van der Waals surface area contributed by atoms with Gasteiger partial charge in [-0.1, -0.05) is 24.3 Å². The summed E-state index contributed by atoms with van der Waals surface area (Å²) in [6, 6.07) is 8.12. The zero-order valence-electron chi connectivity index (χ0n) is 12.5. The van der Waals surface area contributed by atoms with E-state index in [-0.39, 0.29) is 24.0 Å². The highest BCUT2D eigenvalue weighted by molar-refractivity contribution is 5.80. The van der Waals surface area contributed by atoms with E-state index in [4.69, 9.17) is 0 Å². The normalized spacial score (nSPS) is 25.0. The summed E-state index contributed by atoms with van der Waals surface area (Å²) < 4.78 is 0. The van der Waals surface area contributed by atoms with Crippen LogP contribution in [0.15, 0.2) is 24.3 Å². The largest absolute Gasteiger partial charge is 0.341 e. The lowest BCUT2D eigenvalue weighted by atomic mass is 9.91.